The molecule has 0 radical (unpaired) electrons. The van der Waals surface area contributed by atoms with Crippen molar-refractivity contribution < 1.29 is 13.9 Å². The van der Waals surface area contributed by atoms with Gasteiger partial charge in [0.15, 0.2) is 5.89 Å². The number of amides is 1. The van der Waals surface area contributed by atoms with Crippen LogP contribution in [0.5, 0.6) is 5.75 Å². The van der Waals surface area contributed by atoms with E-state index in [4.69, 9.17) is 14.1 Å². The lowest BCUT2D eigenvalue weighted by molar-refractivity contribution is 0.0572. The van der Waals surface area contributed by atoms with Crippen LogP contribution in [0.15, 0.2) is 34.9 Å². The molecule has 1 aliphatic heterocycles. The van der Waals surface area contributed by atoms with Crippen molar-refractivity contribution in [3.8, 4) is 16.9 Å². The maximum absolute atomic E-state index is 13.5. The number of anilines is 1. The van der Waals surface area contributed by atoms with Gasteiger partial charge in [-0.15, -0.1) is 0 Å². The van der Waals surface area contributed by atoms with Gasteiger partial charge in [0.1, 0.15) is 5.75 Å². The van der Waals surface area contributed by atoms with E-state index in [2.05, 4.69) is 9.97 Å². The third-order valence-corrected chi connectivity index (χ3v) is 5.78. The first-order valence-electron chi connectivity index (χ1n) is 10.8. The number of hydrogen-bond donors (Lipinski definition) is 0. The number of methoxy groups -OCH3 is 1. The number of likely N-dealkylation sites (tertiary alicyclic amines) is 1. The molecular weight excluding hydrogens is 406 g/mol. The van der Waals surface area contributed by atoms with Crippen molar-refractivity contribution in [3.63, 3.8) is 0 Å². The summed E-state index contributed by atoms with van der Waals surface area (Å²) in [6, 6.07) is 7.65. The second-order valence-corrected chi connectivity index (χ2v) is 8.25. The molecule has 168 valence electrons. The molecular formula is C24H29N5O3. The second kappa shape index (κ2) is 8.98. The van der Waals surface area contributed by atoms with Gasteiger partial charge < -0.3 is 19.0 Å². The monoisotopic (exact) mass is 435 g/mol. The van der Waals surface area contributed by atoms with E-state index in [-0.39, 0.29) is 11.9 Å². The number of benzene rings is 1. The number of hydrogen-bond acceptors (Lipinski definition) is 7. The van der Waals surface area contributed by atoms with E-state index in [1.807, 2.05) is 54.4 Å². The number of aromatic nitrogens is 3. The van der Waals surface area contributed by atoms with Gasteiger partial charge in [-0.1, -0.05) is 12.1 Å². The zero-order valence-corrected chi connectivity index (χ0v) is 19.3. The van der Waals surface area contributed by atoms with E-state index in [9.17, 15) is 4.79 Å². The summed E-state index contributed by atoms with van der Waals surface area (Å²) in [6.07, 6.45) is 4.63. The fourth-order valence-electron chi connectivity index (χ4n) is 4.17. The standard InChI is InChI=1S/C24H29N5O3/c1-15-22(32-16(2)26-15)23(30)29-13-7-6-8-20(29)21-19(14-25-24(27-21)28(3)4)17-9-11-18(31-5)12-10-17/h9-12,14,20H,6-8,13H2,1-5H3/t20-/m1/s1. The summed E-state index contributed by atoms with van der Waals surface area (Å²) in [6.45, 7) is 4.21. The Labute approximate surface area is 188 Å². The highest BCUT2D eigenvalue weighted by atomic mass is 16.5. The average molecular weight is 436 g/mol. The van der Waals surface area contributed by atoms with Gasteiger partial charge in [0.2, 0.25) is 11.7 Å². The van der Waals surface area contributed by atoms with Crippen molar-refractivity contribution in [3.05, 3.63) is 53.5 Å². The molecule has 0 bridgehead atoms. The summed E-state index contributed by atoms with van der Waals surface area (Å²) in [4.78, 5) is 31.0. The number of carbonyl (C=O) groups is 1. The Bertz CT molecular complexity index is 1110. The molecule has 1 amide bonds. The quantitative estimate of drug-likeness (QED) is 0.594. The minimum atomic E-state index is -0.181. The van der Waals surface area contributed by atoms with E-state index in [0.29, 0.717) is 29.8 Å². The molecule has 0 unspecified atom stereocenters. The van der Waals surface area contributed by atoms with Crippen LogP contribution in [0.3, 0.4) is 0 Å². The van der Waals surface area contributed by atoms with Crippen molar-refractivity contribution in [1.29, 1.82) is 0 Å². The molecule has 1 atom stereocenters. The summed E-state index contributed by atoms with van der Waals surface area (Å²) >= 11 is 0. The molecule has 0 aliphatic carbocycles. The molecule has 2 aromatic heterocycles. The van der Waals surface area contributed by atoms with Gasteiger partial charge in [0, 0.05) is 39.3 Å². The molecule has 1 aliphatic rings. The molecule has 3 heterocycles. The predicted molar refractivity (Wildman–Crippen MR) is 122 cm³/mol. The van der Waals surface area contributed by atoms with Gasteiger partial charge >= 0.3 is 0 Å². The Hall–Kier alpha value is -3.42. The molecule has 1 fully saturated rings. The fourth-order valence-corrected chi connectivity index (χ4v) is 4.17. The first-order valence-corrected chi connectivity index (χ1v) is 10.8. The van der Waals surface area contributed by atoms with E-state index in [1.165, 1.54) is 0 Å². The Morgan fingerprint density at radius 3 is 2.53 bits per heavy atom. The number of oxazole rings is 1. The number of carbonyl (C=O) groups excluding carboxylic acids is 1. The van der Waals surface area contributed by atoms with Crippen molar-refractivity contribution in [1.82, 2.24) is 19.9 Å². The van der Waals surface area contributed by atoms with Crippen LogP contribution >= 0.6 is 0 Å². The van der Waals surface area contributed by atoms with Crippen molar-refractivity contribution in [2.75, 3.05) is 32.6 Å². The van der Waals surface area contributed by atoms with Gasteiger partial charge in [-0.25, -0.2) is 15.0 Å². The van der Waals surface area contributed by atoms with Crippen LogP contribution in [0.1, 0.15) is 53.1 Å². The largest absolute Gasteiger partial charge is 0.497 e. The molecule has 8 nitrogen and oxygen atoms in total. The first kappa shape index (κ1) is 21.8. The Kier molecular flexibility index (Phi) is 6.12. The highest BCUT2D eigenvalue weighted by molar-refractivity contribution is 5.93. The zero-order valence-electron chi connectivity index (χ0n) is 19.3. The lowest BCUT2D eigenvalue weighted by Gasteiger charge is -2.36. The molecule has 0 saturated carbocycles. The molecule has 3 aromatic rings. The molecule has 0 N–H and O–H groups in total. The Morgan fingerprint density at radius 2 is 1.91 bits per heavy atom. The zero-order chi connectivity index (χ0) is 22.8. The van der Waals surface area contributed by atoms with Gasteiger partial charge in [-0.05, 0) is 43.9 Å². The smallest absolute Gasteiger partial charge is 0.292 e. The number of nitrogens with zero attached hydrogens (tertiary/aromatic N) is 5. The van der Waals surface area contributed by atoms with Crippen LogP contribution < -0.4 is 9.64 Å². The third kappa shape index (κ3) is 4.17. The topological polar surface area (TPSA) is 84.6 Å². The molecule has 1 saturated heterocycles. The maximum atomic E-state index is 13.5. The number of ether oxygens (including phenoxy) is 1. The SMILES string of the molecule is COc1ccc(-c2cnc(N(C)C)nc2[C@H]2CCCCN2C(=O)c2oc(C)nc2C)cc1. The molecule has 4 rings (SSSR count). The van der Waals surface area contributed by atoms with Gasteiger partial charge in [0.05, 0.1) is 24.5 Å². The minimum absolute atomic E-state index is 0.140. The third-order valence-electron chi connectivity index (χ3n) is 5.78. The summed E-state index contributed by atoms with van der Waals surface area (Å²) in [5.74, 6) is 2.06. The van der Waals surface area contributed by atoms with Crippen molar-refractivity contribution >= 4 is 11.9 Å². The van der Waals surface area contributed by atoms with Gasteiger partial charge in [-0.2, -0.15) is 0 Å². The highest BCUT2D eigenvalue weighted by Crippen LogP contribution is 2.37. The van der Waals surface area contributed by atoms with E-state index < -0.39 is 0 Å². The normalized spacial score (nSPS) is 16.2. The summed E-state index contributed by atoms with van der Waals surface area (Å²) in [5, 5.41) is 0. The predicted octanol–water partition coefficient (Wildman–Crippen LogP) is 4.19. The van der Waals surface area contributed by atoms with Crippen LogP contribution in [-0.4, -0.2) is 53.5 Å². The van der Waals surface area contributed by atoms with Crippen LogP contribution in [0.25, 0.3) is 11.1 Å². The second-order valence-electron chi connectivity index (χ2n) is 8.25. The first-order chi connectivity index (χ1) is 15.4. The summed E-state index contributed by atoms with van der Waals surface area (Å²) < 4.78 is 11.0. The van der Waals surface area contributed by atoms with Crippen LogP contribution in [0.2, 0.25) is 0 Å². The van der Waals surface area contributed by atoms with Crippen molar-refractivity contribution in [2.45, 2.75) is 39.2 Å². The van der Waals surface area contributed by atoms with E-state index >= 15 is 0 Å². The van der Waals surface area contributed by atoms with Crippen LogP contribution in [0.4, 0.5) is 5.95 Å². The summed E-state index contributed by atoms with van der Waals surface area (Å²) in [7, 11) is 5.47. The molecule has 1 aromatic carbocycles. The molecule has 32 heavy (non-hydrogen) atoms. The average Bonchev–Trinajstić information content (AvgIpc) is 3.16. The van der Waals surface area contributed by atoms with Gasteiger partial charge in [0.25, 0.3) is 5.91 Å². The number of aryl methyl sites for hydroxylation is 2. The van der Waals surface area contributed by atoms with Crippen molar-refractivity contribution in [2.24, 2.45) is 0 Å². The fraction of sp³-hybridized carbons (Fsp3) is 0.417. The highest BCUT2D eigenvalue weighted by Gasteiger charge is 2.34. The molecule has 8 heteroatoms. The number of rotatable bonds is 5. The summed E-state index contributed by atoms with van der Waals surface area (Å²) in [5.41, 5.74) is 3.35. The molecule has 0 spiro atoms. The Balaban J connectivity index is 1.80. The van der Waals surface area contributed by atoms with Crippen LogP contribution in [0, 0.1) is 13.8 Å². The van der Waals surface area contributed by atoms with E-state index in [1.54, 1.807) is 21.0 Å². The van der Waals surface area contributed by atoms with Crippen LogP contribution in [-0.2, 0) is 0 Å². The lowest BCUT2D eigenvalue weighted by atomic mass is 9.93. The Morgan fingerprint density at radius 1 is 1.16 bits per heavy atom. The number of piperidine rings is 1. The lowest BCUT2D eigenvalue weighted by Crippen LogP contribution is -2.39. The van der Waals surface area contributed by atoms with E-state index in [0.717, 1.165) is 41.8 Å². The maximum Gasteiger partial charge on any atom is 0.292 e. The minimum Gasteiger partial charge on any atom is -0.497 e. The van der Waals surface area contributed by atoms with Gasteiger partial charge in [-0.3, -0.25) is 4.79 Å².